The van der Waals surface area contributed by atoms with Crippen molar-refractivity contribution in [2.45, 2.75) is 38.3 Å². The Kier molecular flexibility index (Phi) is 6.66. The number of carbonyl (C=O) groups excluding carboxylic acids is 2. The van der Waals surface area contributed by atoms with Gasteiger partial charge in [0.15, 0.2) is 0 Å². The number of methoxy groups -OCH3 is 1. The molecule has 0 spiro atoms. The van der Waals surface area contributed by atoms with Gasteiger partial charge >= 0.3 is 5.97 Å². The van der Waals surface area contributed by atoms with Crippen molar-refractivity contribution in [1.82, 2.24) is 0 Å². The molecule has 2 aromatic carbocycles. The van der Waals surface area contributed by atoms with E-state index in [0.717, 1.165) is 24.8 Å². The van der Waals surface area contributed by atoms with Gasteiger partial charge in [-0.05, 0) is 42.5 Å². The van der Waals surface area contributed by atoms with Gasteiger partial charge in [-0.15, -0.1) is 0 Å². The Labute approximate surface area is 165 Å². The molecule has 28 heavy (non-hydrogen) atoms. The summed E-state index contributed by atoms with van der Waals surface area (Å²) in [6, 6.07) is 14.7. The second kappa shape index (κ2) is 9.37. The molecular formula is C22H26N2O4. The number of rotatable bonds is 7. The Bertz CT molecular complexity index is 823. The second-order valence-corrected chi connectivity index (χ2v) is 7.08. The van der Waals surface area contributed by atoms with Crippen LogP contribution in [0, 0.1) is 5.92 Å². The molecule has 0 unspecified atom stereocenters. The molecular weight excluding hydrogens is 356 g/mol. The molecule has 0 heterocycles. The van der Waals surface area contributed by atoms with Crippen molar-refractivity contribution in [1.29, 1.82) is 0 Å². The van der Waals surface area contributed by atoms with E-state index in [1.165, 1.54) is 7.11 Å². The largest absolute Gasteiger partial charge is 0.487 e. The van der Waals surface area contributed by atoms with Crippen LogP contribution in [-0.2, 0) is 16.1 Å². The SMILES string of the molecule is COC(=O)c1ccc(OCc2ccccc2)c(NC(=O)C[C@@H]2CCC[C@H]2N)c1. The fourth-order valence-electron chi connectivity index (χ4n) is 3.49. The first kappa shape index (κ1) is 19.9. The molecule has 0 bridgehead atoms. The van der Waals surface area contributed by atoms with Crippen molar-refractivity contribution in [3.63, 3.8) is 0 Å². The lowest BCUT2D eigenvalue weighted by atomic mass is 10.00. The van der Waals surface area contributed by atoms with Crippen molar-refractivity contribution in [3.8, 4) is 5.75 Å². The Morgan fingerprint density at radius 1 is 1.14 bits per heavy atom. The maximum Gasteiger partial charge on any atom is 0.337 e. The van der Waals surface area contributed by atoms with E-state index >= 15 is 0 Å². The van der Waals surface area contributed by atoms with E-state index in [9.17, 15) is 9.59 Å². The van der Waals surface area contributed by atoms with Crippen molar-refractivity contribution in [2.24, 2.45) is 11.7 Å². The smallest absolute Gasteiger partial charge is 0.337 e. The minimum absolute atomic E-state index is 0.0703. The predicted octanol–water partition coefficient (Wildman–Crippen LogP) is 3.51. The third-order valence-electron chi connectivity index (χ3n) is 5.08. The number of ether oxygens (including phenoxy) is 2. The maximum absolute atomic E-state index is 12.6. The topological polar surface area (TPSA) is 90.6 Å². The molecule has 0 aromatic heterocycles. The molecule has 3 N–H and O–H groups in total. The van der Waals surface area contributed by atoms with Crippen LogP contribution >= 0.6 is 0 Å². The Hall–Kier alpha value is -2.86. The van der Waals surface area contributed by atoms with Crippen LogP contribution in [0.2, 0.25) is 0 Å². The third-order valence-corrected chi connectivity index (χ3v) is 5.08. The zero-order valence-corrected chi connectivity index (χ0v) is 16.0. The predicted molar refractivity (Wildman–Crippen MR) is 107 cm³/mol. The minimum Gasteiger partial charge on any atom is -0.487 e. The maximum atomic E-state index is 12.6. The molecule has 1 aliphatic carbocycles. The van der Waals surface area contributed by atoms with E-state index in [1.54, 1.807) is 18.2 Å². The molecule has 2 aromatic rings. The highest BCUT2D eigenvalue weighted by Crippen LogP contribution is 2.30. The van der Waals surface area contributed by atoms with Crippen LogP contribution in [0.3, 0.4) is 0 Å². The van der Waals surface area contributed by atoms with Crippen LogP contribution in [0.25, 0.3) is 0 Å². The van der Waals surface area contributed by atoms with Crippen LogP contribution in [0.1, 0.15) is 41.6 Å². The monoisotopic (exact) mass is 382 g/mol. The molecule has 1 aliphatic rings. The van der Waals surface area contributed by atoms with Gasteiger partial charge in [0.05, 0.1) is 18.4 Å². The van der Waals surface area contributed by atoms with E-state index in [4.69, 9.17) is 15.2 Å². The van der Waals surface area contributed by atoms with Gasteiger partial charge in [0.2, 0.25) is 5.91 Å². The number of benzene rings is 2. The first-order valence-corrected chi connectivity index (χ1v) is 9.51. The molecule has 1 saturated carbocycles. The number of anilines is 1. The van der Waals surface area contributed by atoms with Crippen molar-refractivity contribution in [2.75, 3.05) is 12.4 Å². The standard InChI is InChI=1S/C22H26N2O4/c1-27-22(26)17-10-11-20(28-14-15-6-3-2-4-7-15)19(12-17)24-21(25)13-16-8-5-9-18(16)23/h2-4,6-7,10-12,16,18H,5,8-9,13-14,23H2,1H3,(H,24,25)/t16-,18+/m0/s1. The lowest BCUT2D eigenvalue weighted by molar-refractivity contribution is -0.117. The van der Waals surface area contributed by atoms with Gasteiger partial charge in [-0.2, -0.15) is 0 Å². The lowest BCUT2D eigenvalue weighted by Crippen LogP contribution is -2.28. The molecule has 6 heteroatoms. The van der Waals surface area contributed by atoms with Gasteiger partial charge in [0, 0.05) is 12.5 Å². The highest BCUT2D eigenvalue weighted by atomic mass is 16.5. The average Bonchev–Trinajstić information content (AvgIpc) is 3.11. The molecule has 6 nitrogen and oxygen atoms in total. The first-order valence-electron chi connectivity index (χ1n) is 9.51. The summed E-state index contributed by atoms with van der Waals surface area (Å²) < 4.78 is 10.7. The van der Waals surface area contributed by atoms with E-state index in [-0.39, 0.29) is 17.9 Å². The summed E-state index contributed by atoms with van der Waals surface area (Å²) in [5, 5.41) is 2.89. The Balaban J connectivity index is 1.74. The van der Waals surface area contributed by atoms with Gasteiger partial charge in [-0.1, -0.05) is 36.8 Å². The molecule has 0 radical (unpaired) electrons. The van der Waals surface area contributed by atoms with Crippen LogP contribution in [0.5, 0.6) is 5.75 Å². The molecule has 0 saturated heterocycles. The van der Waals surface area contributed by atoms with Crippen molar-refractivity contribution >= 4 is 17.6 Å². The van der Waals surface area contributed by atoms with E-state index in [1.807, 2.05) is 30.3 Å². The second-order valence-electron chi connectivity index (χ2n) is 7.08. The number of carbonyl (C=O) groups is 2. The van der Waals surface area contributed by atoms with Crippen molar-refractivity contribution < 1.29 is 19.1 Å². The van der Waals surface area contributed by atoms with Crippen molar-refractivity contribution in [3.05, 3.63) is 59.7 Å². The summed E-state index contributed by atoms with van der Waals surface area (Å²) in [5.74, 6) is 0.0925. The lowest BCUT2D eigenvalue weighted by Gasteiger charge is -2.17. The average molecular weight is 382 g/mol. The third kappa shape index (κ3) is 5.10. The Morgan fingerprint density at radius 3 is 2.61 bits per heavy atom. The zero-order chi connectivity index (χ0) is 19.9. The molecule has 2 atom stereocenters. The number of nitrogens with one attached hydrogen (secondary N) is 1. The van der Waals surface area contributed by atoms with Crippen LogP contribution in [0.15, 0.2) is 48.5 Å². The van der Waals surface area contributed by atoms with Gasteiger partial charge in [-0.25, -0.2) is 4.79 Å². The number of amides is 1. The van der Waals surface area contributed by atoms with Crippen LogP contribution in [0.4, 0.5) is 5.69 Å². The van der Waals surface area contributed by atoms with Crippen LogP contribution < -0.4 is 15.8 Å². The van der Waals surface area contributed by atoms with Gasteiger partial charge in [0.25, 0.3) is 0 Å². The molecule has 1 fully saturated rings. The van der Waals surface area contributed by atoms with E-state index in [0.29, 0.717) is 30.0 Å². The fourth-order valence-corrected chi connectivity index (χ4v) is 3.49. The molecule has 148 valence electrons. The Morgan fingerprint density at radius 2 is 1.93 bits per heavy atom. The quantitative estimate of drug-likeness (QED) is 0.715. The number of hydrogen-bond acceptors (Lipinski definition) is 5. The van der Waals surface area contributed by atoms with Gasteiger partial charge in [0.1, 0.15) is 12.4 Å². The number of hydrogen-bond donors (Lipinski definition) is 2. The van der Waals surface area contributed by atoms with E-state index < -0.39 is 5.97 Å². The van der Waals surface area contributed by atoms with Gasteiger partial charge in [-0.3, -0.25) is 4.79 Å². The summed E-state index contributed by atoms with van der Waals surface area (Å²) in [7, 11) is 1.32. The first-order chi connectivity index (χ1) is 13.6. The number of esters is 1. The highest BCUT2D eigenvalue weighted by Gasteiger charge is 2.26. The minimum atomic E-state index is -0.470. The van der Waals surface area contributed by atoms with Crippen LogP contribution in [-0.4, -0.2) is 25.0 Å². The fraction of sp³-hybridized carbons (Fsp3) is 0.364. The summed E-state index contributed by atoms with van der Waals surface area (Å²) in [5.41, 5.74) is 7.89. The normalized spacial score (nSPS) is 18.5. The summed E-state index contributed by atoms with van der Waals surface area (Å²) in [6.45, 7) is 0.356. The van der Waals surface area contributed by atoms with Gasteiger partial charge < -0.3 is 20.5 Å². The molecule has 0 aliphatic heterocycles. The highest BCUT2D eigenvalue weighted by molar-refractivity contribution is 5.96. The summed E-state index contributed by atoms with van der Waals surface area (Å²) >= 11 is 0. The number of nitrogens with two attached hydrogens (primary N) is 1. The summed E-state index contributed by atoms with van der Waals surface area (Å²) in [6.07, 6.45) is 3.35. The molecule has 1 amide bonds. The van der Waals surface area contributed by atoms with E-state index in [2.05, 4.69) is 5.32 Å². The zero-order valence-electron chi connectivity index (χ0n) is 16.0. The molecule has 3 rings (SSSR count). The summed E-state index contributed by atoms with van der Waals surface area (Å²) in [4.78, 5) is 24.4.